The molecule has 0 aliphatic carbocycles. The lowest BCUT2D eigenvalue weighted by atomic mass is 9.97. The predicted octanol–water partition coefficient (Wildman–Crippen LogP) is 7.71. The second-order valence-electron chi connectivity index (χ2n) is 6.52. The van der Waals surface area contributed by atoms with Gasteiger partial charge < -0.3 is 4.42 Å². The summed E-state index contributed by atoms with van der Waals surface area (Å²) in [4.78, 5) is 0. The van der Waals surface area contributed by atoms with Gasteiger partial charge in [0.05, 0.1) is 0 Å². The fraction of sp³-hybridized carbons (Fsp3) is 0. The van der Waals surface area contributed by atoms with Crippen LogP contribution in [0.2, 0.25) is 5.02 Å². The molecule has 0 fully saturated rings. The molecule has 0 saturated carbocycles. The van der Waals surface area contributed by atoms with Gasteiger partial charge in [0.2, 0.25) is 0 Å². The summed E-state index contributed by atoms with van der Waals surface area (Å²) in [5.74, 6) is -0.291. The molecule has 0 radical (unpaired) electrons. The number of furan rings is 1. The van der Waals surface area contributed by atoms with Crippen LogP contribution >= 0.6 is 11.6 Å². The first-order valence-electron chi connectivity index (χ1n) is 8.66. The zero-order chi connectivity index (χ0) is 18.4. The van der Waals surface area contributed by atoms with Gasteiger partial charge in [-0.3, -0.25) is 0 Å². The van der Waals surface area contributed by atoms with Crippen LogP contribution in [0.1, 0.15) is 0 Å². The molecular weight excluding hydrogens is 359 g/mol. The third-order valence-electron chi connectivity index (χ3n) is 4.78. The van der Waals surface area contributed by atoms with Gasteiger partial charge in [-0.25, -0.2) is 4.39 Å². The molecular formula is C24H14ClFO. The number of halogens is 2. The van der Waals surface area contributed by atoms with Gasteiger partial charge in [-0.15, -0.1) is 0 Å². The molecule has 5 rings (SSSR count). The van der Waals surface area contributed by atoms with Crippen LogP contribution in [0.25, 0.3) is 44.2 Å². The summed E-state index contributed by atoms with van der Waals surface area (Å²) < 4.78 is 20.5. The second kappa shape index (κ2) is 6.26. The lowest BCUT2D eigenvalue weighted by Crippen LogP contribution is -1.84. The normalized spacial score (nSPS) is 11.3. The number of hydrogen-bond acceptors (Lipinski definition) is 1. The van der Waals surface area contributed by atoms with Crippen LogP contribution in [0.5, 0.6) is 0 Å². The summed E-state index contributed by atoms with van der Waals surface area (Å²) in [5, 5.41) is 2.20. The lowest BCUT2D eigenvalue weighted by molar-refractivity contribution is 0.627. The van der Waals surface area contributed by atoms with E-state index in [9.17, 15) is 4.39 Å². The summed E-state index contributed by atoms with van der Waals surface area (Å²) >= 11 is 6.09. The van der Waals surface area contributed by atoms with E-state index in [-0.39, 0.29) is 5.82 Å². The van der Waals surface area contributed by atoms with Crippen LogP contribution in [-0.4, -0.2) is 0 Å². The van der Waals surface area contributed by atoms with Crippen molar-refractivity contribution in [3.05, 3.63) is 95.8 Å². The average molecular weight is 373 g/mol. The molecule has 5 aromatic rings. The molecule has 1 heterocycles. The van der Waals surface area contributed by atoms with Gasteiger partial charge in [-0.2, -0.15) is 0 Å². The summed E-state index contributed by atoms with van der Waals surface area (Å²) in [6, 6.07) is 26.6. The third kappa shape index (κ3) is 2.79. The van der Waals surface area contributed by atoms with E-state index in [4.69, 9.17) is 16.0 Å². The molecule has 0 saturated heterocycles. The maximum absolute atomic E-state index is 14.4. The zero-order valence-electron chi connectivity index (χ0n) is 14.2. The van der Waals surface area contributed by atoms with E-state index in [0.717, 1.165) is 33.0 Å². The van der Waals surface area contributed by atoms with Crippen molar-refractivity contribution in [2.24, 2.45) is 0 Å². The average Bonchev–Trinajstić information content (AvgIpc) is 3.05. The van der Waals surface area contributed by atoms with Crippen LogP contribution in [-0.2, 0) is 0 Å². The van der Waals surface area contributed by atoms with Gasteiger partial charge in [0.25, 0.3) is 0 Å². The third-order valence-corrected chi connectivity index (χ3v) is 5.02. The number of rotatable bonds is 2. The molecule has 4 aromatic carbocycles. The minimum absolute atomic E-state index is 0.291. The second-order valence-corrected chi connectivity index (χ2v) is 6.96. The first kappa shape index (κ1) is 16.1. The Labute approximate surface area is 160 Å². The minimum Gasteiger partial charge on any atom is -0.455 e. The number of benzene rings is 4. The molecule has 0 N–H and O–H groups in total. The zero-order valence-corrected chi connectivity index (χ0v) is 15.0. The summed E-state index contributed by atoms with van der Waals surface area (Å²) in [6.45, 7) is 0. The quantitative estimate of drug-likeness (QED) is 0.309. The lowest BCUT2D eigenvalue weighted by Gasteiger charge is -2.07. The van der Waals surface area contributed by atoms with Crippen LogP contribution in [0.15, 0.2) is 89.3 Å². The highest BCUT2D eigenvalue weighted by molar-refractivity contribution is 6.31. The highest BCUT2D eigenvalue weighted by atomic mass is 35.5. The van der Waals surface area contributed by atoms with Gasteiger partial charge in [0, 0.05) is 27.4 Å². The van der Waals surface area contributed by atoms with E-state index in [0.29, 0.717) is 16.2 Å². The molecule has 27 heavy (non-hydrogen) atoms. The van der Waals surface area contributed by atoms with E-state index in [1.165, 1.54) is 12.1 Å². The Balaban J connectivity index is 1.77. The molecule has 0 unspecified atom stereocenters. The summed E-state index contributed by atoms with van der Waals surface area (Å²) in [6.07, 6.45) is 0. The molecule has 0 amide bonds. The monoisotopic (exact) mass is 372 g/mol. The highest BCUT2D eigenvalue weighted by Gasteiger charge is 2.15. The van der Waals surface area contributed by atoms with Crippen LogP contribution in [0.4, 0.5) is 4.39 Å². The van der Waals surface area contributed by atoms with Crippen molar-refractivity contribution in [2.75, 3.05) is 0 Å². The van der Waals surface area contributed by atoms with E-state index in [2.05, 4.69) is 18.2 Å². The molecule has 0 spiro atoms. The summed E-state index contributed by atoms with van der Waals surface area (Å²) in [7, 11) is 0. The fourth-order valence-electron chi connectivity index (χ4n) is 3.53. The topological polar surface area (TPSA) is 13.1 Å². The van der Waals surface area contributed by atoms with Crippen LogP contribution in [0, 0.1) is 5.82 Å². The first-order chi connectivity index (χ1) is 13.2. The number of hydrogen-bond donors (Lipinski definition) is 0. The van der Waals surface area contributed by atoms with Crippen molar-refractivity contribution < 1.29 is 8.81 Å². The van der Waals surface area contributed by atoms with Crippen LogP contribution < -0.4 is 0 Å². The van der Waals surface area contributed by atoms with Gasteiger partial charge in [-0.1, -0.05) is 60.1 Å². The Morgan fingerprint density at radius 3 is 2.30 bits per heavy atom. The summed E-state index contributed by atoms with van der Waals surface area (Å²) in [5.41, 5.74) is 5.15. The standard InChI is InChI=1S/C24H14ClFO/c25-18-9-10-20-22-14-19(26)13-21(24(22)27-23(20)12-18)17-8-4-7-16(11-17)15-5-2-1-3-6-15/h1-14H. The maximum Gasteiger partial charge on any atom is 0.143 e. The smallest absolute Gasteiger partial charge is 0.143 e. The molecule has 1 nitrogen and oxygen atoms in total. The van der Waals surface area contributed by atoms with Crippen molar-refractivity contribution in [1.29, 1.82) is 0 Å². The Hall–Kier alpha value is -3.10. The van der Waals surface area contributed by atoms with E-state index < -0.39 is 0 Å². The van der Waals surface area contributed by atoms with Crippen molar-refractivity contribution >= 4 is 33.5 Å². The van der Waals surface area contributed by atoms with Gasteiger partial charge in [-0.05, 0) is 47.0 Å². The highest BCUT2D eigenvalue weighted by Crippen LogP contribution is 2.38. The Morgan fingerprint density at radius 1 is 0.667 bits per heavy atom. The van der Waals surface area contributed by atoms with Gasteiger partial charge >= 0.3 is 0 Å². The van der Waals surface area contributed by atoms with E-state index in [1.54, 1.807) is 12.1 Å². The van der Waals surface area contributed by atoms with Crippen molar-refractivity contribution in [1.82, 2.24) is 0 Å². The maximum atomic E-state index is 14.4. The molecule has 130 valence electrons. The predicted molar refractivity (Wildman–Crippen MR) is 110 cm³/mol. The Morgan fingerprint density at radius 2 is 1.44 bits per heavy atom. The Bertz CT molecular complexity index is 1290. The van der Waals surface area contributed by atoms with Crippen molar-refractivity contribution in [3.63, 3.8) is 0 Å². The number of fused-ring (bicyclic) bond motifs is 3. The van der Waals surface area contributed by atoms with E-state index in [1.807, 2.05) is 42.5 Å². The van der Waals surface area contributed by atoms with Crippen molar-refractivity contribution in [3.8, 4) is 22.3 Å². The molecule has 0 aliphatic heterocycles. The molecule has 0 aliphatic rings. The van der Waals surface area contributed by atoms with Crippen molar-refractivity contribution in [2.45, 2.75) is 0 Å². The molecule has 1 aromatic heterocycles. The SMILES string of the molecule is Fc1cc(-c2cccc(-c3ccccc3)c2)c2oc3cc(Cl)ccc3c2c1. The molecule has 0 atom stereocenters. The Kier molecular flexibility index (Phi) is 3.73. The van der Waals surface area contributed by atoms with Gasteiger partial charge in [0.15, 0.2) is 0 Å². The molecule has 3 heteroatoms. The fourth-order valence-corrected chi connectivity index (χ4v) is 3.69. The van der Waals surface area contributed by atoms with E-state index >= 15 is 0 Å². The molecule has 0 bridgehead atoms. The van der Waals surface area contributed by atoms with Crippen LogP contribution in [0.3, 0.4) is 0 Å². The largest absolute Gasteiger partial charge is 0.455 e. The first-order valence-corrected chi connectivity index (χ1v) is 9.04. The minimum atomic E-state index is -0.291. The van der Waals surface area contributed by atoms with Gasteiger partial charge in [0.1, 0.15) is 17.0 Å².